The number of rotatable bonds is 3. The van der Waals surface area contributed by atoms with Crippen LogP contribution in [0.25, 0.3) is 10.8 Å². The van der Waals surface area contributed by atoms with Crippen LogP contribution in [-0.4, -0.2) is 0 Å². The first-order valence-corrected chi connectivity index (χ1v) is 6.56. The van der Waals surface area contributed by atoms with Crippen molar-refractivity contribution in [3.05, 3.63) is 60.2 Å². The van der Waals surface area contributed by atoms with Crippen molar-refractivity contribution in [2.45, 2.75) is 26.2 Å². The van der Waals surface area contributed by atoms with Crippen molar-refractivity contribution in [3.8, 4) is 11.8 Å². The van der Waals surface area contributed by atoms with Gasteiger partial charge in [-0.25, -0.2) is 0 Å². The van der Waals surface area contributed by atoms with E-state index < -0.39 is 0 Å². The van der Waals surface area contributed by atoms with Crippen molar-refractivity contribution in [1.82, 2.24) is 0 Å². The lowest BCUT2D eigenvalue weighted by molar-refractivity contribution is 0.815. The van der Waals surface area contributed by atoms with E-state index >= 15 is 0 Å². The monoisotopic (exact) mass is 234 g/mol. The Balaban J connectivity index is 2.17. The summed E-state index contributed by atoms with van der Waals surface area (Å²) in [7, 11) is 0. The van der Waals surface area contributed by atoms with Gasteiger partial charge in [0.15, 0.2) is 0 Å². The van der Waals surface area contributed by atoms with E-state index in [1.807, 2.05) is 6.08 Å². The van der Waals surface area contributed by atoms with Crippen molar-refractivity contribution in [2.24, 2.45) is 0 Å². The Bertz CT molecular complexity index is 589. The van der Waals surface area contributed by atoms with Crippen molar-refractivity contribution in [3.63, 3.8) is 0 Å². The van der Waals surface area contributed by atoms with E-state index in [9.17, 15) is 0 Å². The van der Waals surface area contributed by atoms with E-state index in [4.69, 9.17) is 0 Å². The van der Waals surface area contributed by atoms with Crippen LogP contribution in [0.4, 0.5) is 0 Å². The Labute approximate surface area is 109 Å². The molecule has 0 heteroatoms. The quantitative estimate of drug-likeness (QED) is 0.521. The molecule has 0 aromatic heterocycles. The molecule has 18 heavy (non-hydrogen) atoms. The molecule has 0 aliphatic heterocycles. The van der Waals surface area contributed by atoms with Gasteiger partial charge in [0, 0.05) is 5.56 Å². The number of hydrogen-bond acceptors (Lipinski definition) is 0. The normalized spacial score (nSPS) is 10.5. The minimum absolute atomic E-state index is 1.10. The van der Waals surface area contributed by atoms with Crippen LogP contribution in [0.3, 0.4) is 0 Å². The van der Waals surface area contributed by atoms with Crippen LogP contribution >= 0.6 is 0 Å². The maximum absolute atomic E-state index is 3.23. The molecule has 90 valence electrons. The van der Waals surface area contributed by atoms with Gasteiger partial charge in [0.25, 0.3) is 0 Å². The summed E-state index contributed by atoms with van der Waals surface area (Å²) in [6.45, 7) is 2.20. The molecule has 0 saturated carbocycles. The summed E-state index contributed by atoms with van der Waals surface area (Å²) < 4.78 is 0. The second kappa shape index (κ2) is 6.67. The van der Waals surface area contributed by atoms with Crippen LogP contribution in [0.2, 0.25) is 0 Å². The molecule has 0 fully saturated rings. The number of hydrogen-bond donors (Lipinski definition) is 0. The number of benzene rings is 2. The smallest absolute Gasteiger partial charge is 0.0327 e. The van der Waals surface area contributed by atoms with E-state index in [1.54, 1.807) is 0 Å². The largest absolute Gasteiger partial charge is 0.0761 e. The van der Waals surface area contributed by atoms with Crippen molar-refractivity contribution >= 4 is 10.8 Å². The Morgan fingerprint density at radius 2 is 1.89 bits per heavy atom. The van der Waals surface area contributed by atoms with Gasteiger partial charge in [0.1, 0.15) is 0 Å². The van der Waals surface area contributed by atoms with E-state index in [-0.39, 0.29) is 0 Å². The first-order valence-electron chi connectivity index (χ1n) is 6.56. The van der Waals surface area contributed by atoms with Crippen LogP contribution in [0.5, 0.6) is 0 Å². The summed E-state index contributed by atoms with van der Waals surface area (Å²) in [5, 5.41) is 2.48. The lowest BCUT2D eigenvalue weighted by Crippen LogP contribution is -1.78. The summed E-state index contributed by atoms with van der Waals surface area (Å²) in [4.78, 5) is 0. The van der Waals surface area contributed by atoms with E-state index in [2.05, 4.69) is 67.3 Å². The Morgan fingerprint density at radius 3 is 2.78 bits per heavy atom. The lowest BCUT2D eigenvalue weighted by Gasteiger charge is -1.98. The highest BCUT2D eigenvalue weighted by Gasteiger charge is 1.95. The standard InChI is InChI=1S/C18H18/c1-2-3-4-5-6-7-11-16-13-10-14-17-12-8-9-15-18(16)17/h5-6,8-10,12-15H,2-4H2,1H3/b6-5-. The highest BCUT2D eigenvalue weighted by molar-refractivity contribution is 5.88. The zero-order chi connectivity index (χ0) is 12.6. The Morgan fingerprint density at radius 1 is 1.06 bits per heavy atom. The summed E-state index contributed by atoms with van der Waals surface area (Å²) >= 11 is 0. The van der Waals surface area contributed by atoms with Crippen LogP contribution in [-0.2, 0) is 0 Å². The molecule has 0 bridgehead atoms. The van der Waals surface area contributed by atoms with Crippen molar-refractivity contribution in [1.29, 1.82) is 0 Å². The van der Waals surface area contributed by atoms with Gasteiger partial charge >= 0.3 is 0 Å². The minimum Gasteiger partial charge on any atom is -0.0761 e. The minimum atomic E-state index is 1.10. The average molecular weight is 234 g/mol. The van der Waals surface area contributed by atoms with Gasteiger partial charge < -0.3 is 0 Å². The number of fused-ring (bicyclic) bond motifs is 1. The summed E-state index contributed by atoms with van der Waals surface area (Å²) in [5.74, 6) is 6.35. The molecule has 0 unspecified atom stereocenters. The molecule has 0 N–H and O–H groups in total. The van der Waals surface area contributed by atoms with Crippen molar-refractivity contribution in [2.75, 3.05) is 0 Å². The third-order valence-corrected chi connectivity index (χ3v) is 2.92. The fourth-order valence-corrected chi connectivity index (χ4v) is 1.92. The molecule has 0 atom stereocenters. The molecule has 2 rings (SSSR count). The molecule has 0 heterocycles. The Kier molecular flexibility index (Phi) is 4.61. The third-order valence-electron chi connectivity index (χ3n) is 2.92. The SMILES string of the molecule is CCCC/C=C\C#Cc1cccc2ccccc12. The van der Waals surface area contributed by atoms with Gasteiger partial charge in [-0.3, -0.25) is 0 Å². The Hall–Kier alpha value is -2.00. The zero-order valence-electron chi connectivity index (χ0n) is 10.8. The molecule has 0 amide bonds. The van der Waals surface area contributed by atoms with Gasteiger partial charge in [-0.15, -0.1) is 0 Å². The fraction of sp³-hybridized carbons (Fsp3) is 0.222. The molecular weight excluding hydrogens is 216 g/mol. The molecule has 0 nitrogen and oxygen atoms in total. The maximum Gasteiger partial charge on any atom is 0.0327 e. The molecule has 0 radical (unpaired) electrons. The van der Waals surface area contributed by atoms with Gasteiger partial charge in [-0.2, -0.15) is 0 Å². The van der Waals surface area contributed by atoms with Crippen LogP contribution in [0, 0.1) is 11.8 Å². The first kappa shape index (κ1) is 12.5. The van der Waals surface area contributed by atoms with Crippen LogP contribution in [0.1, 0.15) is 31.7 Å². The lowest BCUT2D eigenvalue weighted by atomic mass is 10.1. The topological polar surface area (TPSA) is 0 Å². The summed E-state index contributed by atoms with van der Waals surface area (Å²) in [6, 6.07) is 14.6. The predicted molar refractivity (Wildman–Crippen MR) is 79.5 cm³/mol. The molecule has 0 spiro atoms. The van der Waals surface area contributed by atoms with Crippen molar-refractivity contribution < 1.29 is 0 Å². The van der Waals surface area contributed by atoms with E-state index in [0.717, 1.165) is 12.0 Å². The molecule has 0 aliphatic rings. The zero-order valence-corrected chi connectivity index (χ0v) is 10.8. The summed E-state index contributed by atoms with van der Waals surface area (Å²) in [5.41, 5.74) is 1.10. The molecule has 0 saturated heterocycles. The maximum atomic E-state index is 3.23. The third kappa shape index (κ3) is 3.25. The highest BCUT2D eigenvalue weighted by Crippen LogP contribution is 2.17. The van der Waals surface area contributed by atoms with Gasteiger partial charge in [-0.05, 0) is 29.3 Å². The molecule has 2 aromatic rings. The first-order chi connectivity index (χ1) is 8.92. The van der Waals surface area contributed by atoms with Gasteiger partial charge in [-0.1, -0.05) is 74.1 Å². The second-order valence-corrected chi connectivity index (χ2v) is 4.34. The van der Waals surface area contributed by atoms with Gasteiger partial charge in [0.2, 0.25) is 0 Å². The molecule has 0 aliphatic carbocycles. The van der Waals surface area contributed by atoms with Gasteiger partial charge in [0.05, 0.1) is 0 Å². The molecule has 2 aromatic carbocycles. The van der Waals surface area contributed by atoms with E-state index in [0.29, 0.717) is 0 Å². The average Bonchev–Trinajstić information content (AvgIpc) is 2.43. The van der Waals surface area contributed by atoms with E-state index in [1.165, 1.54) is 23.6 Å². The summed E-state index contributed by atoms with van der Waals surface area (Å²) in [6.07, 6.45) is 7.73. The molecular formula is C18H18. The predicted octanol–water partition coefficient (Wildman–Crippen LogP) is 4.94. The highest BCUT2D eigenvalue weighted by atomic mass is 14.0. The number of unbranched alkanes of at least 4 members (excludes halogenated alkanes) is 2. The second-order valence-electron chi connectivity index (χ2n) is 4.34. The van der Waals surface area contributed by atoms with Crippen LogP contribution in [0.15, 0.2) is 54.6 Å². The van der Waals surface area contributed by atoms with Crippen LogP contribution < -0.4 is 0 Å². The number of allylic oxidation sites excluding steroid dienone is 2. The fourth-order valence-electron chi connectivity index (χ4n) is 1.92.